The number of thioether (sulfide) groups is 1. The van der Waals surface area contributed by atoms with E-state index in [9.17, 15) is 14.4 Å². The smallest absolute Gasteiger partial charge is 0.358 e. The highest BCUT2D eigenvalue weighted by Crippen LogP contribution is 2.32. The number of aromatic nitrogens is 2. The Bertz CT molecular complexity index is 715. The van der Waals surface area contributed by atoms with E-state index >= 15 is 0 Å². The van der Waals surface area contributed by atoms with Crippen molar-refractivity contribution in [1.29, 1.82) is 0 Å². The van der Waals surface area contributed by atoms with E-state index in [0.717, 1.165) is 11.8 Å². The molecule has 25 heavy (non-hydrogen) atoms. The van der Waals surface area contributed by atoms with E-state index in [1.807, 2.05) is 0 Å². The summed E-state index contributed by atoms with van der Waals surface area (Å²) in [6.45, 7) is 5.74. The number of nitrogens with zero attached hydrogens (tertiary/aromatic N) is 3. The van der Waals surface area contributed by atoms with Crippen LogP contribution in [0.15, 0.2) is 24.0 Å². The van der Waals surface area contributed by atoms with Gasteiger partial charge in [-0.2, -0.15) is 0 Å². The van der Waals surface area contributed by atoms with Gasteiger partial charge < -0.3 is 14.5 Å². The number of H-pyrrole nitrogens is 1. The number of nitrogens with one attached hydrogen (secondary N) is 1. The molecule has 1 fully saturated rings. The third-order valence-electron chi connectivity index (χ3n) is 3.21. The van der Waals surface area contributed by atoms with E-state index in [4.69, 9.17) is 4.74 Å². The van der Waals surface area contributed by atoms with Crippen molar-refractivity contribution in [1.82, 2.24) is 14.9 Å². The van der Waals surface area contributed by atoms with Crippen molar-refractivity contribution in [3.8, 4) is 0 Å². The minimum Gasteiger partial charge on any atom is -0.469 e. The van der Waals surface area contributed by atoms with E-state index in [2.05, 4.69) is 26.3 Å². The average Bonchev–Trinajstić information content (AvgIpc) is 3.16. The van der Waals surface area contributed by atoms with Gasteiger partial charge in [0.25, 0.3) is 0 Å². The van der Waals surface area contributed by atoms with Crippen LogP contribution in [-0.2, 0) is 19.1 Å². The third-order valence-corrected chi connectivity index (χ3v) is 4.39. The number of imidazole rings is 1. The lowest BCUT2D eigenvalue weighted by Gasteiger charge is -2.13. The summed E-state index contributed by atoms with van der Waals surface area (Å²) in [5, 5.41) is -0.312. The van der Waals surface area contributed by atoms with Crippen molar-refractivity contribution >= 4 is 40.6 Å². The molecule has 10 heteroatoms. The zero-order valence-electron chi connectivity index (χ0n) is 13.9. The van der Waals surface area contributed by atoms with Crippen LogP contribution in [0.2, 0.25) is 0 Å². The molecule has 0 spiro atoms. The lowest BCUT2D eigenvalue weighted by Crippen LogP contribution is -2.33. The van der Waals surface area contributed by atoms with Crippen molar-refractivity contribution in [3.63, 3.8) is 0 Å². The number of aromatic amines is 1. The lowest BCUT2D eigenvalue weighted by molar-refractivity contribution is -0.142. The summed E-state index contributed by atoms with van der Waals surface area (Å²) in [6.07, 6.45) is 2.79. The van der Waals surface area contributed by atoms with Crippen LogP contribution in [0.3, 0.4) is 0 Å². The maximum atomic E-state index is 12.5. The second-order valence-corrected chi connectivity index (χ2v) is 6.01. The van der Waals surface area contributed by atoms with Gasteiger partial charge in [0.1, 0.15) is 5.25 Å². The van der Waals surface area contributed by atoms with Gasteiger partial charge in [0.05, 0.1) is 26.5 Å². The van der Waals surface area contributed by atoms with Crippen LogP contribution in [0.25, 0.3) is 0 Å². The number of methoxy groups -OCH3 is 1. The molecule has 1 aliphatic heterocycles. The highest BCUT2D eigenvalue weighted by Gasteiger charge is 2.39. The van der Waals surface area contributed by atoms with Gasteiger partial charge in [-0.05, 0) is 6.92 Å². The number of hydrogen-bond donors (Lipinski definition) is 1. The second-order valence-electron chi connectivity index (χ2n) is 4.84. The predicted octanol–water partition coefficient (Wildman–Crippen LogP) is 1.27. The lowest BCUT2D eigenvalue weighted by atomic mass is 10.2. The summed E-state index contributed by atoms with van der Waals surface area (Å²) in [5.74, 6) is -1.24. The summed E-state index contributed by atoms with van der Waals surface area (Å²) in [6, 6.07) is 0. The Kier molecular flexibility index (Phi) is 6.34. The second kappa shape index (κ2) is 8.47. The SMILES string of the molecule is C=CCN1C(=O)C(CC(=O)OC)SC1=Nc1nc[nH]c1C(=O)OCC. The minimum absolute atomic E-state index is 0.0715. The number of ether oxygens (including phenoxy) is 2. The summed E-state index contributed by atoms with van der Waals surface area (Å²) in [4.78, 5) is 48.2. The van der Waals surface area contributed by atoms with Crippen molar-refractivity contribution in [2.24, 2.45) is 4.99 Å². The molecule has 0 bridgehead atoms. The maximum absolute atomic E-state index is 12.5. The topological polar surface area (TPSA) is 114 Å². The maximum Gasteiger partial charge on any atom is 0.358 e. The number of carbonyl (C=O) groups is 3. The molecule has 0 aromatic carbocycles. The first-order valence-corrected chi connectivity index (χ1v) is 8.34. The Balaban J connectivity index is 2.29. The molecule has 0 radical (unpaired) electrons. The monoisotopic (exact) mass is 366 g/mol. The van der Waals surface area contributed by atoms with Gasteiger partial charge in [-0.15, -0.1) is 6.58 Å². The first kappa shape index (κ1) is 18.7. The molecule has 0 aliphatic carbocycles. The highest BCUT2D eigenvalue weighted by molar-refractivity contribution is 8.15. The van der Waals surface area contributed by atoms with Crippen LogP contribution in [0.1, 0.15) is 23.8 Å². The molecule has 1 atom stereocenters. The van der Waals surface area contributed by atoms with Crippen LogP contribution in [0.4, 0.5) is 5.82 Å². The first-order valence-electron chi connectivity index (χ1n) is 7.46. The molecule has 1 aromatic rings. The zero-order chi connectivity index (χ0) is 18.4. The third kappa shape index (κ3) is 4.27. The Morgan fingerprint density at radius 1 is 1.56 bits per heavy atom. The van der Waals surface area contributed by atoms with Gasteiger partial charge in [0.15, 0.2) is 16.7 Å². The largest absolute Gasteiger partial charge is 0.469 e. The molecule has 0 saturated carbocycles. The van der Waals surface area contributed by atoms with Gasteiger partial charge in [0.2, 0.25) is 5.91 Å². The first-order chi connectivity index (χ1) is 12.0. The highest BCUT2D eigenvalue weighted by atomic mass is 32.2. The number of rotatable bonds is 7. The molecule has 2 rings (SSSR count). The minimum atomic E-state index is -0.642. The molecule has 1 unspecified atom stereocenters. The summed E-state index contributed by atoms with van der Waals surface area (Å²) in [7, 11) is 1.26. The number of amidine groups is 1. The summed E-state index contributed by atoms with van der Waals surface area (Å²) < 4.78 is 9.54. The Labute approximate surface area is 148 Å². The van der Waals surface area contributed by atoms with E-state index in [0.29, 0.717) is 5.17 Å². The number of esters is 2. The Morgan fingerprint density at radius 2 is 2.32 bits per heavy atom. The number of hydrogen-bond acceptors (Lipinski definition) is 8. The molecule has 134 valence electrons. The predicted molar refractivity (Wildman–Crippen MR) is 91.6 cm³/mol. The molecular formula is C15H18N4O5S. The quantitative estimate of drug-likeness (QED) is 0.571. The van der Waals surface area contributed by atoms with Crippen LogP contribution >= 0.6 is 11.8 Å². The average molecular weight is 366 g/mol. The van der Waals surface area contributed by atoms with E-state index in [-0.39, 0.29) is 37.0 Å². The fraction of sp³-hybridized carbons (Fsp3) is 0.400. The standard InChI is InChI=1S/C15H18N4O5S/c1-4-6-19-13(21)9(7-10(20)23-3)25-15(19)18-12-11(16-8-17-12)14(22)24-5-2/h4,8-9H,1,5-7H2,2-3H3,(H,16,17). The molecular weight excluding hydrogens is 348 g/mol. The molecule has 1 N–H and O–H groups in total. The zero-order valence-corrected chi connectivity index (χ0v) is 14.7. The van der Waals surface area contributed by atoms with Crippen molar-refractivity contribution < 1.29 is 23.9 Å². The number of aliphatic imine (C=N–C) groups is 1. The van der Waals surface area contributed by atoms with Crippen molar-refractivity contribution in [2.75, 3.05) is 20.3 Å². The molecule has 1 aromatic heterocycles. The van der Waals surface area contributed by atoms with E-state index < -0.39 is 17.2 Å². The number of carbonyl (C=O) groups excluding carboxylic acids is 3. The number of amides is 1. The van der Waals surface area contributed by atoms with Gasteiger partial charge in [-0.3, -0.25) is 14.5 Å². The molecule has 1 saturated heterocycles. The van der Waals surface area contributed by atoms with Crippen molar-refractivity contribution in [3.05, 3.63) is 24.7 Å². The Morgan fingerprint density at radius 3 is 2.96 bits per heavy atom. The molecule has 1 aliphatic rings. The van der Waals surface area contributed by atoms with Crippen molar-refractivity contribution in [2.45, 2.75) is 18.6 Å². The van der Waals surface area contributed by atoms with Crippen LogP contribution in [0, 0.1) is 0 Å². The van der Waals surface area contributed by atoms with Crippen LogP contribution in [0.5, 0.6) is 0 Å². The molecule has 9 nitrogen and oxygen atoms in total. The van der Waals surface area contributed by atoms with E-state index in [1.165, 1.54) is 18.3 Å². The van der Waals surface area contributed by atoms with Gasteiger partial charge in [-0.1, -0.05) is 17.8 Å². The van der Waals surface area contributed by atoms with Crippen LogP contribution in [-0.4, -0.2) is 63.4 Å². The molecule has 2 heterocycles. The normalized spacial score (nSPS) is 18.5. The van der Waals surface area contributed by atoms with Gasteiger partial charge in [-0.25, -0.2) is 14.8 Å². The molecule has 1 amide bonds. The van der Waals surface area contributed by atoms with Crippen LogP contribution < -0.4 is 0 Å². The van der Waals surface area contributed by atoms with Gasteiger partial charge >= 0.3 is 11.9 Å². The fourth-order valence-corrected chi connectivity index (χ4v) is 3.21. The summed E-state index contributed by atoms with van der Waals surface area (Å²) in [5.41, 5.74) is 0.0948. The Hall–Kier alpha value is -2.62. The fourth-order valence-electron chi connectivity index (χ4n) is 2.07. The summed E-state index contributed by atoms with van der Waals surface area (Å²) >= 11 is 1.11. The van der Waals surface area contributed by atoms with Gasteiger partial charge in [0, 0.05) is 6.54 Å². The van der Waals surface area contributed by atoms with E-state index in [1.54, 1.807) is 13.0 Å².